The maximum atomic E-state index is 12.8. The quantitative estimate of drug-likeness (QED) is 0.365. The Hall–Kier alpha value is -2.78. The molecule has 1 fully saturated rings. The highest BCUT2D eigenvalue weighted by Gasteiger charge is 2.24. The zero-order valence-corrected chi connectivity index (χ0v) is 20.4. The molecule has 1 aliphatic rings. The second-order valence-corrected chi connectivity index (χ2v) is 8.66. The number of likely N-dealkylation sites (tertiary alicyclic amines) is 1. The van der Waals surface area contributed by atoms with Gasteiger partial charge in [-0.25, -0.2) is 9.59 Å². The van der Waals surface area contributed by atoms with E-state index in [-0.39, 0.29) is 12.6 Å². The molecule has 0 aliphatic carbocycles. The van der Waals surface area contributed by atoms with Crippen molar-refractivity contribution in [3.63, 3.8) is 0 Å². The number of esters is 1. The van der Waals surface area contributed by atoms with Crippen LogP contribution in [-0.2, 0) is 4.74 Å². The van der Waals surface area contributed by atoms with Gasteiger partial charge in [0.1, 0.15) is 22.1 Å². The van der Waals surface area contributed by atoms with E-state index in [1.165, 1.54) is 37.3 Å². The van der Waals surface area contributed by atoms with Crippen molar-refractivity contribution in [1.82, 2.24) is 10.2 Å². The molecule has 1 saturated heterocycles. The van der Waals surface area contributed by atoms with Crippen LogP contribution in [0.15, 0.2) is 23.6 Å². The number of nitrogens with zero attached hydrogens (tertiary/aromatic N) is 1. The summed E-state index contributed by atoms with van der Waals surface area (Å²) in [5.74, 6) is 0.713. The molecule has 180 valence electrons. The Morgan fingerprint density at radius 2 is 1.88 bits per heavy atom. The van der Waals surface area contributed by atoms with Gasteiger partial charge in [-0.15, -0.1) is 11.3 Å². The molecular weight excluding hydrogens is 442 g/mol. The monoisotopic (exact) mass is 475 g/mol. The predicted molar refractivity (Wildman–Crippen MR) is 131 cm³/mol. The number of hydrogen-bond acceptors (Lipinski definition) is 7. The van der Waals surface area contributed by atoms with Crippen LogP contribution in [-0.4, -0.2) is 63.9 Å². The van der Waals surface area contributed by atoms with E-state index >= 15 is 0 Å². The topological polar surface area (TPSA) is 89.1 Å². The molecule has 0 bridgehead atoms. The van der Waals surface area contributed by atoms with Crippen LogP contribution >= 0.6 is 11.3 Å². The summed E-state index contributed by atoms with van der Waals surface area (Å²) in [6.45, 7) is 6.01. The summed E-state index contributed by atoms with van der Waals surface area (Å²) in [6, 6.07) is 5.04. The molecule has 0 spiro atoms. The first-order chi connectivity index (χ1) is 16.1. The number of thiophene rings is 1. The highest BCUT2D eigenvalue weighted by atomic mass is 32.1. The minimum atomic E-state index is -0.493. The lowest BCUT2D eigenvalue weighted by molar-refractivity contribution is 0.0529. The van der Waals surface area contributed by atoms with Gasteiger partial charge >= 0.3 is 12.0 Å². The third-order valence-corrected chi connectivity index (χ3v) is 6.48. The SMILES string of the molecule is CCOC(=O)c1c(-c2ccc(OC)cc2OC)csc1NC(=O)NCCCCN1CCCC1. The second-order valence-electron chi connectivity index (χ2n) is 7.78. The Labute approximate surface area is 199 Å². The molecule has 0 atom stereocenters. The van der Waals surface area contributed by atoms with Crippen LogP contribution in [0.4, 0.5) is 9.80 Å². The third-order valence-electron chi connectivity index (χ3n) is 5.58. The lowest BCUT2D eigenvalue weighted by Gasteiger charge is -2.14. The van der Waals surface area contributed by atoms with E-state index in [1.54, 1.807) is 33.3 Å². The number of nitrogens with one attached hydrogen (secondary N) is 2. The molecule has 2 heterocycles. The summed E-state index contributed by atoms with van der Waals surface area (Å²) in [6.07, 6.45) is 4.53. The molecule has 0 unspecified atom stereocenters. The Kier molecular flexibility index (Phi) is 9.38. The Bertz CT molecular complexity index is 940. The minimum absolute atomic E-state index is 0.233. The maximum Gasteiger partial charge on any atom is 0.341 e. The Morgan fingerprint density at radius 3 is 2.58 bits per heavy atom. The second kappa shape index (κ2) is 12.5. The number of hydrogen-bond donors (Lipinski definition) is 2. The summed E-state index contributed by atoms with van der Waals surface area (Å²) in [7, 11) is 3.14. The van der Waals surface area contributed by atoms with Crippen molar-refractivity contribution >= 4 is 28.3 Å². The molecule has 3 rings (SSSR count). The zero-order chi connectivity index (χ0) is 23.6. The average Bonchev–Trinajstić information content (AvgIpc) is 3.48. The lowest BCUT2D eigenvalue weighted by atomic mass is 10.0. The first-order valence-corrected chi connectivity index (χ1v) is 12.2. The van der Waals surface area contributed by atoms with Crippen LogP contribution in [0.5, 0.6) is 11.5 Å². The van der Waals surface area contributed by atoms with Crippen LogP contribution in [0.1, 0.15) is 43.0 Å². The van der Waals surface area contributed by atoms with Crippen molar-refractivity contribution in [2.75, 3.05) is 52.3 Å². The average molecular weight is 476 g/mol. The van der Waals surface area contributed by atoms with E-state index in [1.807, 2.05) is 11.4 Å². The van der Waals surface area contributed by atoms with Gasteiger partial charge in [0, 0.05) is 29.1 Å². The van der Waals surface area contributed by atoms with Gasteiger partial charge in [-0.3, -0.25) is 5.32 Å². The minimum Gasteiger partial charge on any atom is -0.497 e. The fourth-order valence-electron chi connectivity index (χ4n) is 3.89. The molecule has 0 saturated carbocycles. The van der Waals surface area contributed by atoms with E-state index in [2.05, 4.69) is 15.5 Å². The number of anilines is 1. The van der Waals surface area contributed by atoms with Crippen LogP contribution in [0.2, 0.25) is 0 Å². The van der Waals surface area contributed by atoms with Gasteiger partial charge in [0.2, 0.25) is 0 Å². The highest BCUT2D eigenvalue weighted by molar-refractivity contribution is 7.15. The number of carbonyl (C=O) groups is 2. The van der Waals surface area contributed by atoms with Crippen LogP contribution in [0, 0.1) is 0 Å². The molecule has 1 aliphatic heterocycles. The van der Waals surface area contributed by atoms with E-state index in [0.717, 1.165) is 19.4 Å². The number of unbranched alkanes of at least 4 members (excludes halogenated alkanes) is 1. The summed E-state index contributed by atoms with van der Waals surface area (Å²) in [5.41, 5.74) is 1.67. The summed E-state index contributed by atoms with van der Waals surface area (Å²) in [5, 5.41) is 7.97. The first-order valence-electron chi connectivity index (χ1n) is 11.4. The summed E-state index contributed by atoms with van der Waals surface area (Å²) in [4.78, 5) is 27.8. The van der Waals surface area contributed by atoms with Crippen LogP contribution in [0.25, 0.3) is 11.1 Å². The van der Waals surface area contributed by atoms with Gasteiger partial charge in [-0.2, -0.15) is 0 Å². The number of carbonyl (C=O) groups excluding carboxylic acids is 2. The summed E-state index contributed by atoms with van der Waals surface area (Å²) >= 11 is 1.28. The molecule has 0 radical (unpaired) electrons. The molecule has 1 aromatic carbocycles. The molecule has 2 aromatic rings. The van der Waals surface area contributed by atoms with E-state index in [9.17, 15) is 9.59 Å². The fraction of sp³-hybridized carbons (Fsp3) is 0.500. The largest absolute Gasteiger partial charge is 0.497 e. The number of rotatable bonds is 11. The number of ether oxygens (including phenoxy) is 3. The number of methoxy groups -OCH3 is 2. The van der Waals surface area contributed by atoms with Crippen molar-refractivity contribution in [3.8, 4) is 22.6 Å². The van der Waals surface area contributed by atoms with Gasteiger partial charge < -0.3 is 24.4 Å². The fourth-order valence-corrected chi connectivity index (χ4v) is 4.83. The van der Waals surface area contributed by atoms with Gasteiger partial charge in [0.05, 0.1) is 20.8 Å². The van der Waals surface area contributed by atoms with E-state index in [4.69, 9.17) is 14.2 Å². The molecule has 8 nitrogen and oxygen atoms in total. The van der Waals surface area contributed by atoms with Crippen molar-refractivity contribution in [1.29, 1.82) is 0 Å². The molecule has 1 aromatic heterocycles. The standard InChI is InChI=1S/C24H33N3O5S/c1-4-32-23(28)21-19(18-10-9-17(30-2)15-20(18)31-3)16-33-22(21)26-24(29)25-11-5-6-12-27-13-7-8-14-27/h9-10,15-16H,4-8,11-14H2,1-3H3,(H2,25,26,29). The predicted octanol–water partition coefficient (Wildman–Crippen LogP) is 4.61. The van der Waals surface area contributed by atoms with Gasteiger partial charge in [0.25, 0.3) is 0 Å². The van der Waals surface area contributed by atoms with Crippen molar-refractivity contribution < 1.29 is 23.8 Å². The van der Waals surface area contributed by atoms with E-state index < -0.39 is 5.97 Å². The molecule has 33 heavy (non-hydrogen) atoms. The number of urea groups is 1. The first kappa shape index (κ1) is 24.9. The van der Waals surface area contributed by atoms with Gasteiger partial charge in [-0.05, 0) is 64.4 Å². The van der Waals surface area contributed by atoms with Gasteiger partial charge in [-0.1, -0.05) is 0 Å². The van der Waals surface area contributed by atoms with Crippen molar-refractivity contribution in [3.05, 3.63) is 29.1 Å². The number of amides is 2. The molecule has 9 heteroatoms. The van der Waals surface area contributed by atoms with Crippen molar-refractivity contribution in [2.24, 2.45) is 0 Å². The van der Waals surface area contributed by atoms with Crippen LogP contribution in [0.3, 0.4) is 0 Å². The third kappa shape index (κ3) is 6.61. The lowest BCUT2D eigenvalue weighted by Crippen LogP contribution is -2.30. The molecule has 2 N–H and O–H groups in total. The maximum absolute atomic E-state index is 12.8. The van der Waals surface area contributed by atoms with Crippen molar-refractivity contribution in [2.45, 2.75) is 32.6 Å². The van der Waals surface area contributed by atoms with E-state index in [0.29, 0.717) is 39.7 Å². The van der Waals surface area contributed by atoms with Crippen LogP contribution < -0.4 is 20.1 Å². The zero-order valence-electron chi connectivity index (χ0n) is 19.6. The number of benzene rings is 1. The Morgan fingerprint density at radius 1 is 1.09 bits per heavy atom. The normalized spacial score (nSPS) is 13.5. The molecular formula is C24H33N3O5S. The smallest absolute Gasteiger partial charge is 0.341 e. The Balaban J connectivity index is 1.68. The van der Waals surface area contributed by atoms with Gasteiger partial charge in [0.15, 0.2) is 0 Å². The molecule has 2 amide bonds. The summed E-state index contributed by atoms with van der Waals surface area (Å²) < 4.78 is 16.1. The highest BCUT2D eigenvalue weighted by Crippen LogP contribution is 2.41.